The van der Waals surface area contributed by atoms with Gasteiger partial charge in [0.2, 0.25) is 5.91 Å². The summed E-state index contributed by atoms with van der Waals surface area (Å²) in [4.78, 5) is 27.0. The Morgan fingerprint density at radius 1 is 1.38 bits per heavy atom. The number of nitro benzene ring substituents is 1. The number of carbonyl (C=O) groups is 1. The van der Waals surface area contributed by atoms with E-state index in [9.17, 15) is 14.9 Å². The van der Waals surface area contributed by atoms with Gasteiger partial charge in [-0.2, -0.15) is 0 Å². The van der Waals surface area contributed by atoms with E-state index in [4.69, 9.17) is 0 Å². The van der Waals surface area contributed by atoms with Crippen LogP contribution in [-0.2, 0) is 4.79 Å². The van der Waals surface area contributed by atoms with Crippen molar-refractivity contribution < 1.29 is 9.72 Å². The quantitative estimate of drug-likeness (QED) is 0.606. The fraction of sp³-hybridized carbons (Fsp3) is 0.588. The molecule has 1 heterocycles. The van der Waals surface area contributed by atoms with Crippen LogP contribution in [0.25, 0.3) is 0 Å². The van der Waals surface area contributed by atoms with Crippen molar-refractivity contribution in [2.24, 2.45) is 5.92 Å². The average molecular weight is 332 g/mol. The predicted octanol–water partition coefficient (Wildman–Crippen LogP) is 1.63. The molecule has 1 amide bonds. The SMILES string of the molecule is CN(CC(=O)N[C@@H]1CCN(CC2CC2)C1)c1ccccc1[N+](=O)[O-]. The monoisotopic (exact) mass is 332 g/mol. The number of rotatable bonds is 7. The molecule has 1 saturated carbocycles. The van der Waals surface area contributed by atoms with Crippen LogP contribution in [-0.4, -0.2) is 55.0 Å². The molecule has 0 unspecified atom stereocenters. The van der Waals surface area contributed by atoms with Crippen LogP contribution in [0.3, 0.4) is 0 Å². The Bertz CT molecular complexity index is 618. The van der Waals surface area contributed by atoms with Crippen LogP contribution in [0.4, 0.5) is 11.4 Å². The summed E-state index contributed by atoms with van der Waals surface area (Å²) >= 11 is 0. The average Bonchev–Trinajstić information content (AvgIpc) is 3.25. The fourth-order valence-electron chi connectivity index (χ4n) is 3.30. The Morgan fingerprint density at radius 3 is 2.83 bits per heavy atom. The minimum atomic E-state index is -0.420. The van der Waals surface area contributed by atoms with Crippen molar-refractivity contribution in [3.8, 4) is 0 Å². The van der Waals surface area contributed by atoms with E-state index in [0.29, 0.717) is 5.69 Å². The first-order valence-corrected chi connectivity index (χ1v) is 8.49. The first kappa shape index (κ1) is 16.7. The van der Waals surface area contributed by atoms with E-state index < -0.39 is 4.92 Å². The number of amides is 1. The summed E-state index contributed by atoms with van der Waals surface area (Å²) in [7, 11) is 1.70. The number of nitrogens with one attached hydrogen (secondary N) is 1. The highest BCUT2D eigenvalue weighted by Gasteiger charge is 2.30. The maximum Gasteiger partial charge on any atom is 0.292 e. The summed E-state index contributed by atoms with van der Waals surface area (Å²) < 4.78 is 0. The Labute approximate surface area is 141 Å². The topological polar surface area (TPSA) is 78.7 Å². The van der Waals surface area contributed by atoms with Gasteiger partial charge in [0.15, 0.2) is 0 Å². The van der Waals surface area contributed by atoms with Crippen molar-refractivity contribution in [3.05, 3.63) is 34.4 Å². The molecular formula is C17H24N4O3. The lowest BCUT2D eigenvalue weighted by atomic mass is 10.2. The number of hydrogen-bond acceptors (Lipinski definition) is 5. The van der Waals surface area contributed by atoms with Crippen molar-refractivity contribution in [2.75, 3.05) is 38.1 Å². The smallest absolute Gasteiger partial charge is 0.292 e. The number of benzene rings is 1. The molecule has 7 nitrogen and oxygen atoms in total. The molecule has 1 aromatic carbocycles. The van der Waals surface area contributed by atoms with Gasteiger partial charge >= 0.3 is 0 Å². The zero-order valence-electron chi connectivity index (χ0n) is 14.0. The number of nitrogens with zero attached hydrogens (tertiary/aromatic N) is 3. The maximum atomic E-state index is 12.3. The number of likely N-dealkylation sites (N-methyl/N-ethyl adjacent to an activating group) is 1. The normalized spacial score (nSPS) is 20.8. The number of nitro groups is 1. The van der Waals surface area contributed by atoms with Gasteiger partial charge in [-0.3, -0.25) is 14.9 Å². The molecule has 1 aromatic rings. The van der Waals surface area contributed by atoms with Gasteiger partial charge < -0.3 is 15.1 Å². The van der Waals surface area contributed by atoms with E-state index in [2.05, 4.69) is 10.2 Å². The first-order chi connectivity index (χ1) is 11.5. The molecule has 1 atom stereocenters. The molecule has 130 valence electrons. The lowest BCUT2D eigenvalue weighted by molar-refractivity contribution is -0.384. The van der Waals surface area contributed by atoms with Crippen LogP contribution < -0.4 is 10.2 Å². The second kappa shape index (κ2) is 7.17. The molecule has 1 saturated heterocycles. The van der Waals surface area contributed by atoms with Crippen molar-refractivity contribution in [1.29, 1.82) is 0 Å². The van der Waals surface area contributed by atoms with E-state index in [1.807, 2.05) is 0 Å². The highest BCUT2D eigenvalue weighted by Crippen LogP contribution is 2.30. The molecule has 7 heteroatoms. The van der Waals surface area contributed by atoms with Crippen molar-refractivity contribution in [3.63, 3.8) is 0 Å². The predicted molar refractivity (Wildman–Crippen MR) is 92.1 cm³/mol. The van der Waals surface area contributed by atoms with E-state index in [1.54, 1.807) is 30.1 Å². The molecule has 3 rings (SSSR count). The Kier molecular flexibility index (Phi) is 4.99. The van der Waals surface area contributed by atoms with Crippen molar-refractivity contribution >= 4 is 17.3 Å². The Morgan fingerprint density at radius 2 is 2.12 bits per heavy atom. The van der Waals surface area contributed by atoms with E-state index >= 15 is 0 Å². The lowest BCUT2D eigenvalue weighted by Gasteiger charge is -2.20. The zero-order valence-corrected chi connectivity index (χ0v) is 14.0. The summed E-state index contributed by atoms with van der Waals surface area (Å²) in [5.74, 6) is 0.776. The van der Waals surface area contributed by atoms with Crippen LogP contribution >= 0.6 is 0 Å². The van der Waals surface area contributed by atoms with Crippen molar-refractivity contribution in [2.45, 2.75) is 25.3 Å². The van der Waals surface area contributed by atoms with Gasteiger partial charge in [-0.1, -0.05) is 12.1 Å². The van der Waals surface area contributed by atoms with Gasteiger partial charge in [-0.25, -0.2) is 0 Å². The fourth-order valence-corrected chi connectivity index (χ4v) is 3.30. The molecule has 0 bridgehead atoms. The second-order valence-electron chi connectivity index (χ2n) is 6.86. The molecule has 0 radical (unpaired) electrons. The van der Waals surface area contributed by atoms with Crippen LogP contribution in [0, 0.1) is 16.0 Å². The summed E-state index contributed by atoms with van der Waals surface area (Å²) in [6, 6.07) is 6.68. The van der Waals surface area contributed by atoms with Gasteiger partial charge in [0, 0.05) is 38.8 Å². The third kappa shape index (κ3) is 4.23. The molecule has 0 spiro atoms. The molecule has 1 N–H and O–H groups in total. The molecule has 24 heavy (non-hydrogen) atoms. The van der Waals surface area contributed by atoms with E-state index in [1.165, 1.54) is 18.9 Å². The standard InChI is InChI=1S/C17H24N4O3/c1-19(15-4-2-3-5-16(15)21(23)24)12-17(22)18-14-8-9-20(11-14)10-13-6-7-13/h2-5,13-14H,6-12H2,1H3,(H,18,22)/t14-/m1/s1. The number of carbonyl (C=O) groups excluding carboxylic acids is 1. The highest BCUT2D eigenvalue weighted by molar-refractivity contribution is 5.82. The van der Waals surface area contributed by atoms with Crippen LogP contribution in [0.2, 0.25) is 0 Å². The summed E-state index contributed by atoms with van der Waals surface area (Å²) in [5, 5.41) is 14.2. The zero-order chi connectivity index (χ0) is 17.1. The first-order valence-electron chi connectivity index (χ1n) is 8.49. The Balaban J connectivity index is 1.50. The Hall–Kier alpha value is -2.15. The van der Waals surface area contributed by atoms with Gasteiger partial charge in [-0.05, 0) is 31.2 Å². The minimum Gasteiger partial charge on any atom is -0.360 e. The second-order valence-corrected chi connectivity index (χ2v) is 6.86. The largest absolute Gasteiger partial charge is 0.360 e. The molecule has 1 aliphatic heterocycles. The molecule has 0 aromatic heterocycles. The van der Waals surface area contributed by atoms with Gasteiger partial charge in [0.05, 0.1) is 11.5 Å². The highest BCUT2D eigenvalue weighted by atomic mass is 16.6. The number of hydrogen-bond donors (Lipinski definition) is 1. The van der Waals surface area contributed by atoms with E-state index in [-0.39, 0.29) is 24.2 Å². The summed E-state index contributed by atoms with van der Waals surface area (Å²) in [6.45, 7) is 3.23. The van der Waals surface area contributed by atoms with Crippen LogP contribution in [0.1, 0.15) is 19.3 Å². The lowest BCUT2D eigenvalue weighted by Crippen LogP contribution is -2.42. The summed E-state index contributed by atoms with van der Waals surface area (Å²) in [6.07, 6.45) is 3.66. The van der Waals surface area contributed by atoms with Crippen LogP contribution in [0.15, 0.2) is 24.3 Å². The molecule has 2 fully saturated rings. The van der Waals surface area contributed by atoms with E-state index in [0.717, 1.165) is 32.0 Å². The van der Waals surface area contributed by atoms with Gasteiger partial charge in [0.1, 0.15) is 5.69 Å². The third-order valence-electron chi connectivity index (χ3n) is 4.72. The van der Waals surface area contributed by atoms with Gasteiger partial charge in [0.25, 0.3) is 5.69 Å². The molecular weight excluding hydrogens is 308 g/mol. The number of para-hydroxylation sites is 2. The number of anilines is 1. The minimum absolute atomic E-state index is 0.0178. The number of likely N-dealkylation sites (tertiary alicyclic amines) is 1. The van der Waals surface area contributed by atoms with Gasteiger partial charge in [-0.15, -0.1) is 0 Å². The maximum absolute atomic E-state index is 12.3. The summed E-state index contributed by atoms with van der Waals surface area (Å²) in [5.41, 5.74) is 0.476. The molecule has 1 aliphatic carbocycles. The van der Waals surface area contributed by atoms with Crippen LogP contribution in [0.5, 0.6) is 0 Å². The molecule has 2 aliphatic rings. The van der Waals surface area contributed by atoms with Crippen molar-refractivity contribution in [1.82, 2.24) is 10.2 Å². The third-order valence-corrected chi connectivity index (χ3v) is 4.72.